The molecule has 2 heterocycles. The fraction of sp³-hybridized carbons (Fsp3) is 0.188. The molecule has 106 valence electrons. The van der Waals surface area contributed by atoms with E-state index in [-0.39, 0.29) is 6.04 Å². The lowest BCUT2D eigenvalue weighted by Gasteiger charge is -2.16. The lowest BCUT2D eigenvalue weighted by molar-refractivity contribution is 0.810. The molecule has 0 aliphatic heterocycles. The predicted octanol–water partition coefficient (Wildman–Crippen LogP) is 3.14. The van der Waals surface area contributed by atoms with Crippen LogP contribution in [-0.4, -0.2) is 19.5 Å². The van der Waals surface area contributed by atoms with Gasteiger partial charge in [-0.2, -0.15) is 0 Å². The van der Waals surface area contributed by atoms with E-state index in [0.717, 1.165) is 22.8 Å². The van der Waals surface area contributed by atoms with Gasteiger partial charge in [0.15, 0.2) is 0 Å². The molecule has 1 atom stereocenters. The van der Waals surface area contributed by atoms with E-state index in [4.69, 9.17) is 0 Å². The Bertz CT molecular complexity index is 721. The first-order valence-corrected chi connectivity index (χ1v) is 6.86. The topological polar surface area (TPSA) is 55.6 Å². The maximum Gasteiger partial charge on any atom is 0.0991 e. The van der Waals surface area contributed by atoms with Crippen molar-refractivity contribution >= 4 is 5.69 Å². The molecule has 21 heavy (non-hydrogen) atoms. The summed E-state index contributed by atoms with van der Waals surface area (Å²) in [6.45, 7) is 4.06. The summed E-state index contributed by atoms with van der Waals surface area (Å²) in [6, 6.07) is 8.29. The van der Waals surface area contributed by atoms with Crippen LogP contribution in [0.4, 0.5) is 5.69 Å². The molecule has 0 aliphatic rings. The van der Waals surface area contributed by atoms with Crippen molar-refractivity contribution in [1.82, 2.24) is 19.5 Å². The van der Waals surface area contributed by atoms with Crippen LogP contribution in [0.1, 0.15) is 24.4 Å². The summed E-state index contributed by atoms with van der Waals surface area (Å²) >= 11 is 0. The zero-order valence-corrected chi connectivity index (χ0v) is 12.1. The van der Waals surface area contributed by atoms with Gasteiger partial charge in [0.1, 0.15) is 0 Å². The van der Waals surface area contributed by atoms with Gasteiger partial charge in [0, 0.05) is 36.2 Å². The monoisotopic (exact) mass is 279 g/mol. The van der Waals surface area contributed by atoms with Crippen LogP contribution >= 0.6 is 0 Å². The summed E-state index contributed by atoms with van der Waals surface area (Å²) in [6.07, 6.45) is 8.92. The minimum absolute atomic E-state index is 0.0942. The molecule has 0 aliphatic carbocycles. The largest absolute Gasteiger partial charge is 0.377 e. The average Bonchev–Trinajstić information content (AvgIpc) is 3.02. The van der Waals surface area contributed by atoms with E-state index < -0.39 is 0 Å². The van der Waals surface area contributed by atoms with Crippen molar-refractivity contribution in [2.75, 3.05) is 5.32 Å². The highest BCUT2D eigenvalue weighted by atomic mass is 15.0. The lowest BCUT2D eigenvalue weighted by Crippen LogP contribution is -2.11. The lowest BCUT2D eigenvalue weighted by atomic mass is 10.1. The number of benzene rings is 1. The second-order valence-corrected chi connectivity index (χ2v) is 4.91. The van der Waals surface area contributed by atoms with Crippen molar-refractivity contribution in [2.45, 2.75) is 19.9 Å². The zero-order valence-electron chi connectivity index (χ0n) is 12.1. The van der Waals surface area contributed by atoms with Gasteiger partial charge in [-0.1, -0.05) is 6.07 Å². The smallest absolute Gasteiger partial charge is 0.0991 e. The van der Waals surface area contributed by atoms with Crippen LogP contribution in [-0.2, 0) is 0 Å². The molecule has 1 unspecified atom stereocenters. The van der Waals surface area contributed by atoms with Gasteiger partial charge in [0.05, 0.1) is 23.8 Å². The number of nitrogens with zero attached hydrogens (tertiary/aromatic N) is 4. The Morgan fingerprint density at radius 2 is 2.00 bits per heavy atom. The molecule has 0 spiro atoms. The second kappa shape index (κ2) is 5.75. The standard InChI is InChI=1S/C16H17N5/c1-12-16(19-7-6-18-12)13(2)20-14-4-3-5-15(10-14)21-9-8-17-11-21/h3-11,13,20H,1-2H3. The van der Waals surface area contributed by atoms with Crippen molar-refractivity contribution in [3.05, 3.63) is 66.8 Å². The number of aryl methyl sites for hydroxylation is 1. The van der Waals surface area contributed by atoms with Crippen LogP contribution in [0.3, 0.4) is 0 Å². The normalized spacial score (nSPS) is 12.1. The number of hydrogen-bond donors (Lipinski definition) is 1. The average molecular weight is 279 g/mol. The molecule has 0 saturated carbocycles. The summed E-state index contributed by atoms with van der Waals surface area (Å²) in [7, 11) is 0. The molecular formula is C16H17N5. The van der Waals surface area contributed by atoms with E-state index in [2.05, 4.69) is 33.3 Å². The summed E-state index contributed by atoms with van der Waals surface area (Å²) in [4.78, 5) is 12.8. The minimum Gasteiger partial charge on any atom is -0.377 e. The molecule has 3 aromatic rings. The molecule has 0 fully saturated rings. The zero-order chi connectivity index (χ0) is 14.7. The fourth-order valence-corrected chi connectivity index (χ4v) is 2.33. The summed E-state index contributed by atoms with van der Waals surface area (Å²) in [5.41, 5.74) is 4.02. The van der Waals surface area contributed by atoms with E-state index in [0.29, 0.717) is 0 Å². The minimum atomic E-state index is 0.0942. The number of anilines is 1. The Labute approximate surface area is 123 Å². The fourth-order valence-electron chi connectivity index (χ4n) is 2.33. The van der Waals surface area contributed by atoms with Crippen LogP contribution in [0.15, 0.2) is 55.4 Å². The first kappa shape index (κ1) is 13.3. The third kappa shape index (κ3) is 2.91. The maximum absolute atomic E-state index is 4.41. The van der Waals surface area contributed by atoms with E-state index in [9.17, 15) is 0 Å². The van der Waals surface area contributed by atoms with Crippen LogP contribution in [0.25, 0.3) is 5.69 Å². The van der Waals surface area contributed by atoms with Crippen molar-refractivity contribution in [3.63, 3.8) is 0 Å². The Morgan fingerprint density at radius 1 is 1.14 bits per heavy atom. The molecule has 2 aromatic heterocycles. The SMILES string of the molecule is Cc1nccnc1C(C)Nc1cccc(-n2ccnc2)c1. The van der Waals surface area contributed by atoms with Crippen LogP contribution < -0.4 is 5.32 Å². The van der Waals surface area contributed by atoms with Crippen LogP contribution in [0.5, 0.6) is 0 Å². The highest BCUT2D eigenvalue weighted by Gasteiger charge is 2.10. The number of rotatable bonds is 4. The Hall–Kier alpha value is -2.69. The first-order valence-electron chi connectivity index (χ1n) is 6.86. The molecule has 0 radical (unpaired) electrons. The van der Waals surface area contributed by atoms with Crippen molar-refractivity contribution in [2.24, 2.45) is 0 Å². The first-order chi connectivity index (χ1) is 10.2. The van der Waals surface area contributed by atoms with E-state index >= 15 is 0 Å². The quantitative estimate of drug-likeness (QED) is 0.797. The second-order valence-electron chi connectivity index (χ2n) is 4.91. The number of imidazole rings is 1. The molecule has 1 aromatic carbocycles. The van der Waals surface area contributed by atoms with Crippen LogP contribution in [0, 0.1) is 6.92 Å². The predicted molar refractivity (Wildman–Crippen MR) is 82.4 cm³/mol. The molecule has 0 saturated heterocycles. The highest BCUT2D eigenvalue weighted by Crippen LogP contribution is 2.21. The van der Waals surface area contributed by atoms with Gasteiger partial charge in [0.2, 0.25) is 0 Å². The van der Waals surface area contributed by atoms with Gasteiger partial charge >= 0.3 is 0 Å². The molecule has 3 rings (SSSR count). The van der Waals surface area contributed by atoms with Crippen molar-refractivity contribution in [1.29, 1.82) is 0 Å². The Balaban J connectivity index is 1.82. The molecule has 0 bridgehead atoms. The summed E-state index contributed by atoms with van der Waals surface area (Å²) < 4.78 is 1.98. The summed E-state index contributed by atoms with van der Waals surface area (Å²) in [5, 5.41) is 3.47. The molecule has 1 N–H and O–H groups in total. The number of nitrogens with one attached hydrogen (secondary N) is 1. The van der Waals surface area contributed by atoms with Crippen LogP contribution in [0.2, 0.25) is 0 Å². The molecule has 5 nitrogen and oxygen atoms in total. The maximum atomic E-state index is 4.41. The Morgan fingerprint density at radius 3 is 2.76 bits per heavy atom. The van der Waals surface area contributed by atoms with Gasteiger partial charge in [-0.15, -0.1) is 0 Å². The molecular weight excluding hydrogens is 262 g/mol. The van der Waals surface area contributed by atoms with E-state index in [1.54, 1.807) is 24.9 Å². The van der Waals surface area contributed by atoms with Crippen molar-refractivity contribution in [3.8, 4) is 5.69 Å². The third-order valence-corrected chi connectivity index (χ3v) is 3.36. The van der Waals surface area contributed by atoms with E-state index in [1.165, 1.54) is 0 Å². The molecule has 5 heteroatoms. The van der Waals surface area contributed by atoms with Gasteiger partial charge in [-0.05, 0) is 32.0 Å². The van der Waals surface area contributed by atoms with Gasteiger partial charge < -0.3 is 9.88 Å². The number of aromatic nitrogens is 4. The summed E-state index contributed by atoms with van der Waals surface area (Å²) in [5.74, 6) is 0. The van der Waals surface area contributed by atoms with E-state index in [1.807, 2.05) is 35.9 Å². The van der Waals surface area contributed by atoms with Gasteiger partial charge in [0.25, 0.3) is 0 Å². The Kier molecular flexibility index (Phi) is 3.64. The highest BCUT2D eigenvalue weighted by molar-refractivity contribution is 5.52. The van der Waals surface area contributed by atoms with Gasteiger partial charge in [-0.25, -0.2) is 4.98 Å². The third-order valence-electron chi connectivity index (χ3n) is 3.36. The van der Waals surface area contributed by atoms with Gasteiger partial charge in [-0.3, -0.25) is 9.97 Å². The number of hydrogen-bond acceptors (Lipinski definition) is 4. The molecule has 0 amide bonds. The van der Waals surface area contributed by atoms with Crippen molar-refractivity contribution < 1.29 is 0 Å².